The van der Waals surface area contributed by atoms with E-state index in [4.69, 9.17) is 0 Å². The van der Waals surface area contributed by atoms with Gasteiger partial charge in [-0.15, -0.1) is 11.3 Å². The number of fused-ring (bicyclic) bond motifs is 1. The first-order valence-electron chi connectivity index (χ1n) is 6.13. The molecule has 3 aromatic heterocycles. The molecule has 1 atom stereocenters. The summed E-state index contributed by atoms with van der Waals surface area (Å²) in [7, 11) is 1.96. The van der Waals surface area contributed by atoms with Crippen molar-refractivity contribution in [1.29, 1.82) is 0 Å². The van der Waals surface area contributed by atoms with Gasteiger partial charge >= 0.3 is 0 Å². The van der Waals surface area contributed by atoms with E-state index in [0.29, 0.717) is 0 Å². The van der Waals surface area contributed by atoms with Gasteiger partial charge in [0, 0.05) is 41.5 Å². The minimum absolute atomic E-state index is 0.201. The molecule has 3 aromatic rings. The number of hydrogen-bond donors (Lipinski definition) is 1. The lowest BCUT2D eigenvalue weighted by Gasteiger charge is -2.13. The van der Waals surface area contributed by atoms with Crippen molar-refractivity contribution in [2.24, 2.45) is 0 Å². The minimum Gasteiger partial charge on any atom is -0.313 e. The molecule has 0 amide bonds. The Labute approximate surface area is 115 Å². The van der Waals surface area contributed by atoms with Crippen molar-refractivity contribution in [2.75, 3.05) is 7.05 Å². The number of aromatic nitrogens is 4. The lowest BCUT2D eigenvalue weighted by atomic mass is 10.1. The zero-order chi connectivity index (χ0) is 13.2. The number of nitrogens with zero attached hydrogens (tertiary/aromatic N) is 4. The first kappa shape index (κ1) is 12.3. The lowest BCUT2D eigenvalue weighted by Crippen LogP contribution is -2.18. The maximum Gasteiger partial charge on any atom is 0.0947 e. The molecule has 5 nitrogen and oxygen atoms in total. The van der Waals surface area contributed by atoms with Gasteiger partial charge in [0.2, 0.25) is 0 Å². The van der Waals surface area contributed by atoms with Gasteiger partial charge in [0.15, 0.2) is 0 Å². The van der Waals surface area contributed by atoms with Crippen molar-refractivity contribution in [3.63, 3.8) is 0 Å². The SMILES string of the molecule is CNC(Cc1nc(C)cs1)c1cnn2ccncc12. The molecular formula is C13H15N5S. The summed E-state index contributed by atoms with van der Waals surface area (Å²) in [5, 5.41) is 10.9. The van der Waals surface area contributed by atoms with E-state index < -0.39 is 0 Å². The predicted octanol–water partition coefficient (Wildman–Crippen LogP) is 2.00. The third kappa shape index (κ3) is 2.36. The summed E-state index contributed by atoms with van der Waals surface area (Å²) < 4.78 is 1.85. The largest absolute Gasteiger partial charge is 0.313 e. The van der Waals surface area contributed by atoms with Gasteiger partial charge in [-0.3, -0.25) is 4.98 Å². The van der Waals surface area contributed by atoms with Crippen LogP contribution in [-0.2, 0) is 6.42 Å². The Kier molecular flexibility index (Phi) is 3.27. The highest BCUT2D eigenvalue weighted by molar-refractivity contribution is 7.09. The first-order chi connectivity index (χ1) is 9.28. The second kappa shape index (κ2) is 5.07. The van der Waals surface area contributed by atoms with Crippen LogP contribution < -0.4 is 5.32 Å². The van der Waals surface area contributed by atoms with Gasteiger partial charge in [0.05, 0.1) is 22.9 Å². The van der Waals surface area contributed by atoms with Crippen LogP contribution in [0.15, 0.2) is 30.2 Å². The molecule has 6 heteroatoms. The van der Waals surface area contributed by atoms with Crippen molar-refractivity contribution < 1.29 is 0 Å². The summed E-state index contributed by atoms with van der Waals surface area (Å²) in [6.45, 7) is 2.02. The van der Waals surface area contributed by atoms with Crippen molar-refractivity contribution >= 4 is 16.9 Å². The summed E-state index contributed by atoms with van der Waals surface area (Å²) >= 11 is 1.70. The van der Waals surface area contributed by atoms with Gasteiger partial charge in [0.25, 0.3) is 0 Å². The summed E-state index contributed by atoms with van der Waals surface area (Å²) in [6, 6.07) is 0.201. The maximum absolute atomic E-state index is 4.52. The highest BCUT2D eigenvalue weighted by Gasteiger charge is 2.16. The second-order valence-electron chi connectivity index (χ2n) is 4.43. The van der Waals surface area contributed by atoms with Crippen molar-refractivity contribution in [3.05, 3.63) is 46.4 Å². The van der Waals surface area contributed by atoms with E-state index in [1.54, 1.807) is 17.5 Å². The Bertz CT molecular complexity index is 687. The fourth-order valence-corrected chi connectivity index (χ4v) is 2.98. The summed E-state index contributed by atoms with van der Waals surface area (Å²) in [5.41, 5.74) is 3.27. The Balaban J connectivity index is 1.93. The predicted molar refractivity (Wildman–Crippen MR) is 75.3 cm³/mol. The Morgan fingerprint density at radius 1 is 1.42 bits per heavy atom. The van der Waals surface area contributed by atoms with E-state index in [0.717, 1.165) is 28.2 Å². The van der Waals surface area contributed by atoms with Crippen LogP contribution in [0.3, 0.4) is 0 Å². The molecule has 1 N–H and O–H groups in total. The molecule has 0 saturated carbocycles. The molecule has 3 heterocycles. The molecule has 0 radical (unpaired) electrons. The number of rotatable bonds is 4. The first-order valence-corrected chi connectivity index (χ1v) is 7.01. The zero-order valence-electron chi connectivity index (χ0n) is 10.9. The summed E-state index contributed by atoms with van der Waals surface area (Å²) in [4.78, 5) is 8.70. The second-order valence-corrected chi connectivity index (χ2v) is 5.38. The van der Waals surface area contributed by atoms with Gasteiger partial charge in [-0.05, 0) is 14.0 Å². The number of nitrogens with one attached hydrogen (secondary N) is 1. The van der Waals surface area contributed by atoms with Gasteiger partial charge in [0.1, 0.15) is 0 Å². The van der Waals surface area contributed by atoms with Crippen LogP contribution in [0.2, 0.25) is 0 Å². The van der Waals surface area contributed by atoms with E-state index in [-0.39, 0.29) is 6.04 Å². The zero-order valence-corrected chi connectivity index (χ0v) is 11.7. The summed E-state index contributed by atoms with van der Waals surface area (Å²) in [5.74, 6) is 0. The van der Waals surface area contributed by atoms with E-state index in [9.17, 15) is 0 Å². The molecule has 0 fully saturated rings. The van der Waals surface area contributed by atoms with Gasteiger partial charge in [-0.25, -0.2) is 9.50 Å². The molecule has 3 rings (SSSR count). The molecule has 0 aliphatic heterocycles. The molecule has 0 saturated heterocycles. The van der Waals surface area contributed by atoms with Gasteiger partial charge < -0.3 is 5.32 Å². The summed E-state index contributed by atoms with van der Waals surface area (Å²) in [6.07, 6.45) is 8.21. The number of likely N-dealkylation sites (N-methyl/N-ethyl adjacent to an activating group) is 1. The minimum atomic E-state index is 0.201. The molecule has 0 aliphatic carbocycles. The van der Waals surface area contributed by atoms with Gasteiger partial charge in [-0.1, -0.05) is 0 Å². The van der Waals surface area contributed by atoms with E-state index in [2.05, 4.69) is 25.8 Å². The van der Waals surface area contributed by atoms with E-state index in [1.807, 2.05) is 37.1 Å². The molecule has 19 heavy (non-hydrogen) atoms. The molecule has 98 valence electrons. The average Bonchev–Trinajstić information content (AvgIpc) is 3.02. The normalized spacial score (nSPS) is 12.9. The third-order valence-electron chi connectivity index (χ3n) is 3.12. The highest BCUT2D eigenvalue weighted by atomic mass is 32.1. The fraction of sp³-hybridized carbons (Fsp3) is 0.308. The van der Waals surface area contributed by atoms with E-state index >= 15 is 0 Å². The molecule has 0 aliphatic rings. The topological polar surface area (TPSA) is 55.1 Å². The number of thiazole rings is 1. The van der Waals surface area contributed by atoms with Crippen molar-refractivity contribution in [1.82, 2.24) is 24.9 Å². The Morgan fingerprint density at radius 2 is 2.32 bits per heavy atom. The molecule has 0 bridgehead atoms. The maximum atomic E-state index is 4.52. The van der Waals surface area contributed by atoms with Crippen LogP contribution in [0.1, 0.15) is 22.3 Å². The smallest absolute Gasteiger partial charge is 0.0947 e. The lowest BCUT2D eigenvalue weighted by molar-refractivity contribution is 0.593. The van der Waals surface area contributed by atoms with Crippen molar-refractivity contribution in [2.45, 2.75) is 19.4 Å². The van der Waals surface area contributed by atoms with Crippen LogP contribution in [0, 0.1) is 6.92 Å². The van der Waals surface area contributed by atoms with E-state index in [1.165, 1.54) is 0 Å². The fourth-order valence-electron chi connectivity index (χ4n) is 2.16. The molecule has 0 aromatic carbocycles. The van der Waals surface area contributed by atoms with Crippen LogP contribution >= 0.6 is 11.3 Å². The third-order valence-corrected chi connectivity index (χ3v) is 4.11. The quantitative estimate of drug-likeness (QED) is 0.790. The van der Waals surface area contributed by atoms with Crippen LogP contribution in [0.25, 0.3) is 5.52 Å². The van der Waals surface area contributed by atoms with Crippen molar-refractivity contribution in [3.8, 4) is 0 Å². The number of aryl methyl sites for hydroxylation is 1. The molecule has 1 unspecified atom stereocenters. The van der Waals surface area contributed by atoms with Crippen LogP contribution in [0.4, 0.5) is 0 Å². The Morgan fingerprint density at radius 3 is 3.05 bits per heavy atom. The average molecular weight is 273 g/mol. The van der Waals surface area contributed by atoms with Crippen LogP contribution in [-0.4, -0.2) is 26.6 Å². The van der Waals surface area contributed by atoms with Gasteiger partial charge in [-0.2, -0.15) is 5.10 Å². The standard InChI is InChI=1S/C13H15N5S/c1-9-8-19-13(17-9)5-11(14-2)10-6-16-18-4-3-15-7-12(10)18/h3-4,6-8,11,14H,5H2,1-2H3. The number of hydrogen-bond acceptors (Lipinski definition) is 5. The molecule has 0 spiro atoms. The van der Waals surface area contributed by atoms with Crippen LogP contribution in [0.5, 0.6) is 0 Å². The molecular weight excluding hydrogens is 258 g/mol. The monoisotopic (exact) mass is 273 g/mol. The Hall–Kier alpha value is -1.79. The highest BCUT2D eigenvalue weighted by Crippen LogP contribution is 2.23.